The molecule has 0 bridgehead atoms. The number of fused-ring (bicyclic) bond motifs is 1. The molecule has 0 amide bonds. The summed E-state index contributed by atoms with van der Waals surface area (Å²) in [6.07, 6.45) is 3.22. The van der Waals surface area contributed by atoms with Crippen LogP contribution in [0.1, 0.15) is 12.5 Å². The maximum atomic E-state index is 5.98. The quantitative estimate of drug-likeness (QED) is 0.731. The first-order valence-electron chi connectivity index (χ1n) is 4.95. The molecule has 0 spiro atoms. The molecule has 0 N–H and O–H groups in total. The molecule has 1 unspecified atom stereocenters. The monoisotopic (exact) mass is 285 g/mol. The molecule has 0 aliphatic rings. The van der Waals surface area contributed by atoms with E-state index >= 15 is 0 Å². The zero-order valence-electron chi connectivity index (χ0n) is 8.80. The highest BCUT2D eigenvalue weighted by atomic mass is 79.9. The third-order valence-corrected chi connectivity index (χ3v) is 3.10. The van der Waals surface area contributed by atoms with Crippen molar-refractivity contribution in [3.8, 4) is 0 Å². The lowest BCUT2D eigenvalue weighted by Gasteiger charge is -2.00. The fraction of sp³-hybridized carbons (Fsp3) is 0.333. The van der Waals surface area contributed by atoms with Gasteiger partial charge in [-0.15, -0.1) is 0 Å². The molecule has 2 rings (SSSR count). The van der Waals surface area contributed by atoms with Gasteiger partial charge in [0.15, 0.2) is 0 Å². The Balaban J connectivity index is 2.57. The normalized spacial score (nSPS) is 13.3. The number of halogens is 2. The lowest BCUT2D eigenvalue weighted by molar-refractivity contribution is 0.924. The predicted octanol–water partition coefficient (Wildman–Crippen LogP) is 4.16. The minimum absolute atomic E-state index is 0.499. The molecule has 1 aromatic carbocycles. The van der Waals surface area contributed by atoms with Crippen molar-refractivity contribution >= 4 is 38.4 Å². The summed E-state index contributed by atoms with van der Waals surface area (Å²) in [4.78, 5) is 0.499. The predicted molar refractivity (Wildman–Crippen MR) is 70.0 cm³/mol. The van der Waals surface area contributed by atoms with Gasteiger partial charge in [-0.3, -0.25) is 0 Å². The zero-order chi connectivity index (χ0) is 11.0. The number of aryl methyl sites for hydroxylation is 1. The summed E-state index contributed by atoms with van der Waals surface area (Å²) in [6, 6.07) is 6.06. The molecular weight excluding hydrogens is 273 g/mol. The van der Waals surface area contributed by atoms with Gasteiger partial charge in [0.1, 0.15) is 0 Å². The van der Waals surface area contributed by atoms with Crippen molar-refractivity contribution in [2.75, 3.05) is 0 Å². The van der Waals surface area contributed by atoms with E-state index in [0.29, 0.717) is 4.83 Å². The molecule has 2 aromatic rings. The maximum absolute atomic E-state index is 5.98. The van der Waals surface area contributed by atoms with E-state index in [1.807, 2.05) is 12.1 Å². The summed E-state index contributed by atoms with van der Waals surface area (Å²) >= 11 is 9.57. The highest BCUT2D eigenvalue weighted by Gasteiger charge is 2.08. The molecule has 1 heterocycles. The highest BCUT2D eigenvalue weighted by molar-refractivity contribution is 9.09. The lowest BCUT2D eigenvalue weighted by atomic mass is 10.1. The SMILES string of the molecule is CC(Br)Cc1cn(C)c2cc(Cl)ccc12. The van der Waals surface area contributed by atoms with Gasteiger partial charge in [-0.25, -0.2) is 0 Å². The van der Waals surface area contributed by atoms with Gasteiger partial charge in [0, 0.05) is 34.0 Å². The molecule has 0 saturated heterocycles. The minimum atomic E-state index is 0.499. The fourth-order valence-electron chi connectivity index (χ4n) is 1.91. The molecule has 0 saturated carbocycles. The van der Waals surface area contributed by atoms with Gasteiger partial charge in [0.25, 0.3) is 0 Å². The van der Waals surface area contributed by atoms with Gasteiger partial charge in [-0.05, 0) is 24.1 Å². The van der Waals surface area contributed by atoms with Crippen LogP contribution in [-0.4, -0.2) is 9.39 Å². The number of hydrogen-bond donors (Lipinski definition) is 0. The molecule has 15 heavy (non-hydrogen) atoms. The average Bonchev–Trinajstić information content (AvgIpc) is 2.42. The Bertz CT molecular complexity index is 488. The Labute approximate surface area is 103 Å². The molecule has 0 aliphatic carbocycles. The average molecular weight is 287 g/mol. The van der Waals surface area contributed by atoms with E-state index in [9.17, 15) is 0 Å². The Morgan fingerprint density at radius 1 is 1.47 bits per heavy atom. The lowest BCUT2D eigenvalue weighted by Crippen LogP contribution is -1.94. The summed E-state index contributed by atoms with van der Waals surface area (Å²) in [5, 5.41) is 2.09. The van der Waals surface area contributed by atoms with E-state index in [2.05, 4.69) is 46.7 Å². The minimum Gasteiger partial charge on any atom is -0.350 e. The van der Waals surface area contributed by atoms with Gasteiger partial charge < -0.3 is 4.57 Å². The van der Waals surface area contributed by atoms with Crippen LogP contribution in [0.15, 0.2) is 24.4 Å². The van der Waals surface area contributed by atoms with E-state index in [1.165, 1.54) is 16.5 Å². The van der Waals surface area contributed by atoms with Gasteiger partial charge in [0.2, 0.25) is 0 Å². The van der Waals surface area contributed by atoms with Gasteiger partial charge in [-0.1, -0.05) is 40.5 Å². The summed E-state index contributed by atoms with van der Waals surface area (Å²) in [5.74, 6) is 0. The molecule has 0 fully saturated rings. The Morgan fingerprint density at radius 2 is 2.20 bits per heavy atom. The molecule has 0 aliphatic heterocycles. The first-order chi connectivity index (χ1) is 7.08. The third kappa shape index (κ3) is 2.21. The number of alkyl halides is 1. The van der Waals surface area contributed by atoms with Crippen LogP contribution in [0.2, 0.25) is 5.02 Å². The molecule has 1 nitrogen and oxygen atoms in total. The van der Waals surface area contributed by atoms with Crippen LogP contribution in [0, 0.1) is 0 Å². The molecule has 1 atom stereocenters. The largest absolute Gasteiger partial charge is 0.350 e. The smallest absolute Gasteiger partial charge is 0.0495 e. The molecule has 3 heteroatoms. The second kappa shape index (κ2) is 4.18. The van der Waals surface area contributed by atoms with E-state index in [1.54, 1.807) is 0 Å². The Morgan fingerprint density at radius 3 is 2.87 bits per heavy atom. The summed E-state index contributed by atoms with van der Waals surface area (Å²) < 4.78 is 2.13. The number of rotatable bonds is 2. The summed E-state index contributed by atoms with van der Waals surface area (Å²) in [7, 11) is 2.06. The van der Waals surface area contributed by atoms with Crippen LogP contribution in [0.5, 0.6) is 0 Å². The van der Waals surface area contributed by atoms with E-state index in [-0.39, 0.29) is 0 Å². The number of nitrogens with zero attached hydrogens (tertiary/aromatic N) is 1. The summed E-state index contributed by atoms with van der Waals surface area (Å²) in [5.41, 5.74) is 2.57. The number of aromatic nitrogens is 1. The van der Waals surface area contributed by atoms with Crippen molar-refractivity contribution in [3.63, 3.8) is 0 Å². The fourth-order valence-corrected chi connectivity index (χ4v) is 2.42. The van der Waals surface area contributed by atoms with Crippen molar-refractivity contribution in [3.05, 3.63) is 35.0 Å². The van der Waals surface area contributed by atoms with Crippen LogP contribution < -0.4 is 0 Å². The van der Waals surface area contributed by atoms with Crippen molar-refractivity contribution in [1.29, 1.82) is 0 Å². The molecular formula is C12H13BrClN. The van der Waals surface area contributed by atoms with Crippen molar-refractivity contribution in [2.24, 2.45) is 7.05 Å². The molecule has 1 aromatic heterocycles. The van der Waals surface area contributed by atoms with Gasteiger partial charge in [-0.2, -0.15) is 0 Å². The van der Waals surface area contributed by atoms with E-state index < -0.39 is 0 Å². The van der Waals surface area contributed by atoms with Crippen molar-refractivity contribution < 1.29 is 0 Å². The third-order valence-electron chi connectivity index (χ3n) is 2.54. The second-order valence-electron chi connectivity index (χ2n) is 3.91. The van der Waals surface area contributed by atoms with E-state index in [4.69, 9.17) is 11.6 Å². The Kier molecular flexibility index (Phi) is 3.08. The first kappa shape index (κ1) is 11.0. The summed E-state index contributed by atoms with van der Waals surface area (Å²) in [6.45, 7) is 2.16. The van der Waals surface area contributed by atoms with E-state index in [0.717, 1.165) is 11.4 Å². The zero-order valence-corrected chi connectivity index (χ0v) is 11.1. The van der Waals surface area contributed by atoms with Crippen LogP contribution in [0.25, 0.3) is 10.9 Å². The van der Waals surface area contributed by atoms with Crippen molar-refractivity contribution in [2.45, 2.75) is 18.2 Å². The maximum Gasteiger partial charge on any atom is 0.0495 e. The Hall–Kier alpha value is -0.470. The van der Waals surface area contributed by atoms with Gasteiger partial charge >= 0.3 is 0 Å². The first-order valence-corrected chi connectivity index (χ1v) is 6.25. The standard InChI is InChI=1S/C12H13BrClN/c1-8(13)5-9-7-15(2)12-6-10(14)3-4-11(9)12/h3-4,6-8H,5H2,1-2H3. The number of benzene rings is 1. The van der Waals surface area contributed by atoms with Gasteiger partial charge in [0.05, 0.1) is 0 Å². The molecule has 80 valence electrons. The van der Waals surface area contributed by atoms with Crippen LogP contribution >= 0.6 is 27.5 Å². The van der Waals surface area contributed by atoms with Crippen LogP contribution in [-0.2, 0) is 13.5 Å². The van der Waals surface area contributed by atoms with Crippen LogP contribution in [0.4, 0.5) is 0 Å². The topological polar surface area (TPSA) is 4.93 Å². The van der Waals surface area contributed by atoms with Crippen molar-refractivity contribution in [1.82, 2.24) is 4.57 Å². The highest BCUT2D eigenvalue weighted by Crippen LogP contribution is 2.25. The molecule has 0 radical (unpaired) electrons. The van der Waals surface area contributed by atoms with Crippen LogP contribution in [0.3, 0.4) is 0 Å². The second-order valence-corrected chi connectivity index (χ2v) is 5.91. The number of hydrogen-bond acceptors (Lipinski definition) is 0.